The highest BCUT2D eigenvalue weighted by atomic mass is 16.5. The number of nitrogens with zero attached hydrogens (tertiary/aromatic N) is 4. The molecule has 1 fully saturated rings. The predicted octanol–water partition coefficient (Wildman–Crippen LogP) is 1.03. The SMILES string of the molecule is CC(COc1nc(N)nc2c1ncn2[C@H]1CC(O)[C@H](CO)O1)OCc1ccccc1. The van der Waals surface area contributed by atoms with Crippen molar-refractivity contribution >= 4 is 17.1 Å². The molecule has 0 saturated carbocycles. The molecule has 1 aliphatic heterocycles. The van der Waals surface area contributed by atoms with Crippen LogP contribution in [0.4, 0.5) is 5.95 Å². The fourth-order valence-electron chi connectivity index (χ4n) is 3.33. The number of nitrogen functional groups attached to an aromatic ring is 1. The summed E-state index contributed by atoms with van der Waals surface area (Å²) < 4.78 is 19.0. The van der Waals surface area contributed by atoms with Crippen molar-refractivity contribution in [3.63, 3.8) is 0 Å². The number of fused-ring (bicyclic) bond motifs is 1. The quantitative estimate of drug-likeness (QED) is 0.492. The van der Waals surface area contributed by atoms with Gasteiger partial charge in [0, 0.05) is 6.42 Å². The van der Waals surface area contributed by atoms with Gasteiger partial charge in [0.25, 0.3) is 0 Å². The number of imidazole rings is 1. The average molecular weight is 415 g/mol. The molecule has 10 heteroatoms. The lowest BCUT2D eigenvalue weighted by molar-refractivity contribution is -0.0432. The van der Waals surface area contributed by atoms with Gasteiger partial charge in [-0.3, -0.25) is 4.57 Å². The second-order valence-electron chi connectivity index (χ2n) is 7.24. The molecule has 10 nitrogen and oxygen atoms in total. The molecule has 1 aromatic carbocycles. The van der Waals surface area contributed by atoms with E-state index in [1.165, 1.54) is 6.33 Å². The number of aliphatic hydroxyl groups is 2. The third kappa shape index (κ3) is 4.36. The van der Waals surface area contributed by atoms with Crippen molar-refractivity contribution < 1.29 is 24.4 Å². The Bertz CT molecular complexity index is 982. The Morgan fingerprint density at radius 3 is 2.83 bits per heavy atom. The van der Waals surface area contributed by atoms with Crippen LogP contribution in [-0.2, 0) is 16.1 Å². The smallest absolute Gasteiger partial charge is 0.247 e. The van der Waals surface area contributed by atoms with E-state index in [4.69, 9.17) is 19.9 Å². The van der Waals surface area contributed by atoms with Gasteiger partial charge in [-0.1, -0.05) is 30.3 Å². The summed E-state index contributed by atoms with van der Waals surface area (Å²) in [5.41, 5.74) is 7.82. The lowest BCUT2D eigenvalue weighted by Crippen LogP contribution is -2.24. The van der Waals surface area contributed by atoms with E-state index in [-0.39, 0.29) is 31.1 Å². The van der Waals surface area contributed by atoms with Crippen LogP contribution in [0.15, 0.2) is 36.7 Å². The summed E-state index contributed by atoms with van der Waals surface area (Å²) in [7, 11) is 0. The van der Waals surface area contributed by atoms with Gasteiger partial charge < -0.3 is 30.2 Å². The van der Waals surface area contributed by atoms with Crippen LogP contribution in [0.2, 0.25) is 0 Å². The summed E-state index contributed by atoms with van der Waals surface area (Å²) in [6.07, 6.45) is -0.270. The van der Waals surface area contributed by atoms with E-state index in [1.807, 2.05) is 37.3 Å². The largest absolute Gasteiger partial charge is 0.473 e. The maximum atomic E-state index is 10.0. The standard InChI is InChI=1S/C20H25N5O5/c1-12(28-10-13-5-3-2-4-6-13)9-29-19-17-18(23-20(21)24-19)25(11-22-17)16-7-14(27)15(8-26)30-16/h2-6,11-12,14-16,26-27H,7-10H2,1H3,(H2,21,23,24)/t12?,14?,15-,16+/m0/s1. The summed E-state index contributed by atoms with van der Waals surface area (Å²) in [6.45, 7) is 2.38. The Hall–Kier alpha value is -2.79. The number of rotatable bonds is 8. The Morgan fingerprint density at radius 1 is 1.30 bits per heavy atom. The van der Waals surface area contributed by atoms with Crippen LogP contribution in [0, 0.1) is 0 Å². The Kier molecular flexibility index (Phi) is 6.09. The predicted molar refractivity (Wildman–Crippen MR) is 108 cm³/mol. The first-order valence-electron chi connectivity index (χ1n) is 9.78. The topological polar surface area (TPSA) is 138 Å². The molecule has 3 heterocycles. The molecule has 2 unspecified atom stereocenters. The summed E-state index contributed by atoms with van der Waals surface area (Å²) in [5, 5.41) is 19.3. The molecule has 0 radical (unpaired) electrons. The molecule has 1 aliphatic rings. The molecular formula is C20H25N5O5. The minimum absolute atomic E-state index is 0.0364. The molecule has 0 bridgehead atoms. The monoisotopic (exact) mass is 415 g/mol. The molecule has 0 aliphatic carbocycles. The van der Waals surface area contributed by atoms with Gasteiger partial charge in [-0.15, -0.1) is 0 Å². The molecule has 160 valence electrons. The molecule has 4 atom stereocenters. The zero-order valence-electron chi connectivity index (χ0n) is 16.6. The van der Waals surface area contributed by atoms with Crippen LogP contribution in [0.5, 0.6) is 5.88 Å². The van der Waals surface area contributed by atoms with Crippen LogP contribution in [-0.4, -0.2) is 61.3 Å². The molecule has 4 rings (SSSR count). The molecule has 30 heavy (non-hydrogen) atoms. The van der Waals surface area contributed by atoms with Gasteiger partial charge >= 0.3 is 0 Å². The van der Waals surface area contributed by atoms with E-state index in [0.717, 1.165) is 5.56 Å². The lowest BCUT2D eigenvalue weighted by Gasteiger charge is -2.15. The minimum Gasteiger partial charge on any atom is -0.473 e. The van der Waals surface area contributed by atoms with E-state index in [9.17, 15) is 10.2 Å². The Morgan fingerprint density at radius 2 is 2.10 bits per heavy atom. The highest BCUT2D eigenvalue weighted by molar-refractivity contribution is 5.77. The number of aliphatic hydroxyl groups excluding tert-OH is 2. The average Bonchev–Trinajstić information content (AvgIpc) is 3.34. The third-order valence-electron chi connectivity index (χ3n) is 4.93. The number of ether oxygens (including phenoxy) is 3. The van der Waals surface area contributed by atoms with Gasteiger partial charge in [0.05, 0.1) is 31.7 Å². The van der Waals surface area contributed by atoms with E-state index >= 15 is 0 Å². The lowest BCUT2D eigenvalue weighted by atomic mass is 10.2. The van der Waals surface area contributed by atoms with Crippen LogP contribution >= 0.6 is 0 Å². The number of nitrogens with two attached hydrogens (primary N) is 1. The van der Waals surface area contributed by atoms with Crippen LogP contribution < -0.4 is 10.5 Å². The van der Waals surface area contributed by atoms with Crippen LogP contribution in [0.25, 0.3) is 11.2 Å². The normalized spacial score (nSPS) is 22.4. The molecule has 2 aromatic heterocycles. The van der Waals surface area contributed by atoms with Crippen molar-refractivity contribution in [2.24, 2.45) is 0 Å². The van der Waals surface area contributed by atoms with E-state index in [0.29, 0.717) is 24.2 Å². The third-order valence-corrected chi connectivity index (χ3v) is 4.93. The van der Waals surface area contributed by atoms with Crippen molar-refractivity contribution in [1.29, 1.82) is 0 Å². The van der Waals surface area contributed by atoms with Crippen molar-refractivity contribution in [2.75, 3.05) is 18.9 Å². The number of hydrogen-bond acceptors (Lipinski definition) is 9. The van der Waals surface area contributed by atoms with Crippen molar-refractivity contribution in [3.05, 3.63) is 42.2 Å². The van der Waals surface area contributed by atoms with Gasteiger partial charge in [-0.05, 0) is 12.5 Å². The first-order chi connectivity index (χ1) is 14.5. The highest BCUT2D eigenvalue weighted by Crippen LogP contribution is 2.32. The van der Waals surface area contributed by atoms with E-state index in [1.54, 1.807) is 4.57 Å². The number of hydrogen-bond donors (Lipinski definition) is 3. The molecule has 3 aromatic rings. The summed E-state index contributed by atoms with van der Waals surface area (Å²) in [4.78, 5) is 12.8. The zero-order valence-corrected chi connectivity index (χ0v) is 16.6. The molecule has 1 saturated heterocycles. The first-order valence-corrected chi connectivity index (χ1v) is 9.78. The number of anilines is 1. The fourth-order valence-corrected chi connectivity index (χ4v) is 3.33. The van der Waals surface area contributed by atoms with Gasteiger partial charge in [-0.25, -0.2) is 4.98 Å². The Balaban J connectivity index is 1.45. The molecule has 0 spiro atoms. The number of benzene rings is 1. The summed E-state index contributed by atoms with van der Waals surface area (Å²) >= 11 is 0. The van der Waals surface area contributed by atoms with E-state index < -0.39 is 18.4 Å². The van der Waals surface area contributed by atoms with Crippen molar-refractivity contribution in [2.45, 2.75) is 44.5 Å². The summed E-state index contributed by atoms with van der Waals surface area (Å²) in [5.74, 6) is 0.290. The second-order valence-corrected chi connectivity index (χ2v) is 7.24. The highest BCUT2D eigenvalue weighted by Gasteiger charge is 2.35. The van der Waals surface area contributed by atoms with Crippen molar-refractivity contribution in [3.8, 4) is 5.88 Å². The van der Waals surface area contributed by atoms with Gasteiger partial charge in [0.1, 0.15) is 18.9 Å². The molecule has 4 N–H and O–H groups in total. The van der Waals surface area contributed by atoms with Gasteiger partial charge in [0.15, 0.2) is 11.2 Å². The first kappa shape index (κ1) is 20.5. The van der Waals surface area contributed by atoms with Crippen molar-refractivity contribution in [1.82, 2.24) is 19.5 Å². The van der Waals surface area contributed by atoms with Crippen LogP contribution in [0.1, 0.15) is 25.1 Å². The minimum atomic E-state index is -0.769. The van der Waals surface area contributed by atoms with Gasteiger partial charge in [-0.2, -0.15) is 9.97 Å². The summed E-state index contributed by atoms with van der Waals surface area (Å²) in [6, 6.07) is 9.89. The maximum Gasteiger partial charge on any atom is 0.247 e. The van der Waals surface area contributed by atoms with E-state index in [2.05, 4.69) is 15.0 Å². The number of aromatic nitrogens is 4. The second kappa shape index (κ2) is 8.92. The molecule has 0 amide bonds. The van der Waals surface area contributed by atoms with Gasteiger partial charge in [0.2, 0.25) is 11.8 Å². The van der Waals surface area contributed by atoms with Crippen LogP contribution in [0.3, 0.4) is 0 Å². The molecular weight excluding hydrogens is 390 g/mol. The Labute approximate surface area is 173 Å². The maximum absolute atomic E-state index is 10.0. The zero-order chi connectivity index (χ0) is 21.1. The fraction of sp³-hybridized carbons (Fsp3) is 0.450.